The Morgan fingerprint density at radius 3 is 2.16 bits per heavy atom. The van der Waals surface area contributed by atoms with Gasteiger partial charge in [0.1, 0.15) is 11.5 Å². The smallest absolute Gasteiger partial charge is 0.332 e. The molecule has 0 bridgehead atoms. The number of methoxy groups -OCH3 is 2. The minimum atomic E-state index is -4.05. The SMILES string of the molecule is COc1cc(NC(=O)CCS(=O)(=O)c2nc3c(=O)n(C)c(=O)n(C)c3n2C)cc(OC)c1. The predicted octanol–water partition coefficient (Wildman–Crippen LogP) is -0.210. The van der Waals surface area contributed by atoms with E-state index in [0.29, 0.717) is 17.2 Å². The molecule has 0 spiro atoms. The third-order valence-electron chi connectivity index (χ3n) is 4.93. The summed E-state index contributed by atoms with van der Waals surface area (Å²) in [4.78, 5) is 40.9. The maximum absolute atomic E-state index is 12.9. The van der Waals surface area contributed by atoms with Gasteiger partial charge in [0.2, 0.25) is 20.9 Å². The molecule has 12 nitrogen and oxygen atoms in total. The summed E-state index contributed by atoms with van der Waals surface area (Å²) in [7, 11) is 2.97. The van der Waals surface area contributed by atoms with Crippen LogP contribution in [0.1, 0.15) is 6.42 Å². The number of aromatic nitrogens is 4. The number of hydrogen-bond acceptors (Lipinski definition) is 8. The van der Waals surface area contributed by atoms with Crippen LogP contribution in [0, 0.1) is 0 Å². The number of rotatable bonds is 7. The second kappa shape index (κ2) is 8.49. The number of amides is 1. The summed E-state index contributed by atoms with van der Waals surface area (Å²) in [5.74, 6) is -0.185. The summed E-state index contributed by atoms with van der Waals surface area (Å²) in [6.07, 6.45) is -0.359. The molecule has 3 rings (SSSR count). The van der Waals surface area contributed by atoms with Crippen molar-refractivity contribution in [2.75, 3.05) is 25.3 Å². The van der Waals surface area contributed by atoms with Gasteiger partial charge in [0.15, 0.2) is 11.2 Å². The van der Waals surface area contributed by atoms with E-state index >= 15 is 0 Å². The molecule has 3 aromatic rings. The van der Waals surface area contributed by atoms with Crippen LogP contribution in [0.3, 0.4) is 0 Å². The van der Waals surface area contributed by atoms with Gasteiger partial charge in [0.25, 0.3) is 5.56 Å². The summed E-state index contributed by atoms with van der Waals surface area (Å²) in [5, 5.41) is 2.20. The molecule has 0 saturated heterocycles. The molecule has 13 heteroatoms. The third-order valence-corrected chi connectivity index (χ3v) is 6.60. The summed E-state index contributed by atoms with van der Waals surface area (Å²) >= 11 is 0. The Morgan fingerprint density at radius 1 is 1.00 bits per heavy atom. The van der Waals surface area contributed by atoms with Crippen LogP contribution in [0.25, 0.3) is 11.2 Å². The Morgan fingerprint density at radius 2 is 1.59 bits per heavy atom. The molecule has 172 valence electrons. The summed E-state index contributed by atoms with van der Waals surface area (Å²) in [5.41, 5.74) is -1.01. The molecule has 0 radical (unpaired) electrons. The minimum Gasteiger partial charge on any atom is -0.497 e. The lowest BCUT2D eigenvalue weighted by atomic mass is 10.2. The standard InChI is InChI=1S/C19H23N5O7S/c1-22-16-15(17(26)24(3)19(27)23(16)2)21-18(22)32(28,29)7-6-14(25)20-11-8-12(30-4)10-13(9-11)31-5/h8-10H,6-7H2,1-5H3,(H,20,25). The molecule has 0 atom stereocenters. The van der Waals surface area contributed by atoms with Crippen LogP contribution in [0.4, 0.5) is 5.69 Å². The van der Waals surface area contributed by atoms with Crippen molar-refractivity contribution in [2.24, 2.45) is 21.1 Å². The first-order valence-corrected chi connectivity index (χ1v) is 11.0. The number of nitrogens with one attached hydrogen (secondary N) is 1. The molecular formula is C19H23N5O7S. The van der Waals surface area contributed by atoms with E-state index in [2.05, 4.69) is 10.3 Å². The average molecular weight is 465 g/mol. The number of carbonyl (C=O) groups is 1. The number of benzene rings is 1. The van der Waals surface area contributed by atoms with Crippen LogP contribution >= 0.6 is 0 Å². The molecule has 2 aromatic heterocycles. The van der Waals surface area contributed by atoms with Crippen LogP contribution in [-0.4, -0.2) is 53.0 Å². The number of ether oxygens (including phenoxy) is 2. The fraction of sp³-hybridized carbons (Fsp3) is 0.368. The highest BCUT2D eigenvalue weighted by Gasteiger charge is 2.26. The first-order valence-electron chi connectivity index (χ1n) is 9.38. The maximum atomic E-state index is 12.9. The van der Waals surface area contributed by atoms with Crippen LogP contribution in [0.2, 0.25) is 0 Å². The van der Waals surface area contributed by atoms with Gasteiger partial charge in [-0.1, -0.05) is 0 Å². The van der Waals surface area contributed by atoms with Crippen molar-refractivity contribution in [1.29, 1.82) is 0 Å². The van der Waals surface area contributed by atoms with E-state index in [4.69, 9.17) is 9.47 Å². The van der Waals surface area contributed by atoms with Crippen molar-refractivity contribution in [3.8, 4) is 11.5 Å². The molecule has 0 aliphatic heterocycles. The van der Waals surface area contributed by atoms with Crippen LogP contribution in [-0.2, 0) is 35.8 Å². The molecule has 0 aliphatic rings. The molecule has 1 aromatic carbocycles. The highest BCUT2D eigenvalue weighted by Crippen LogP contribution is 2.26. The Bertz CT molecular complexity index is 1410. The van der Waals surface area contributed by atoms with E-state index in [-0.39, 0.29) is 17.6 Å². The zero-order valence-electron chi connectivity index (χ0n) is 18.2. The first-order chi connectivity index (χ1) is 15.0. The Balaban J connectivity index is 1.85. The number of hydrogen-bond donors (Lipinski definition) is 1. The van der Waals surface area contributed by atoms with Gasteiger partial charge in [-0.15, -0.1) is 0 Å². The minimum absolute atomic E-state index is 0.0737. The zero-order chi connectivity index (χ0) is 23.8. The topological polar surface area (TPSA) is 144 Å². The van der Waals surface area contributed by atoms with Crippen molar-refractivity contribution in [2.45, 2.75) is 11.6 Å². The molecule has 32 heavy (non-hydrogen) atoms. The van der Waals surface area contributed by atoms with E-state index < -0.39 is 37.9 Å². The second-order valence-corrected chi connectivity index (χ2v) is 9.05. The molecule has 0 unspecified atom stereocenters. The lowest BCUT2D eigenvalue weighted by Crippen LogP contribution is -2.37. The molecule has 0 aliphatic carbocycles. The number of fused-ring (bicyclic) bond motifs is 1. The quantitative estimate of drug-likeness (QED) is 0.505. The molecular weight excluding hydrogens is 442 g/mol. The van der Waals surface area contributed by atoms with Crippen molar-refractivity contribution < 1.29 is 22.7 Å². The van der Waals surface area contributed by atoms with Gasteiger partial charge in [-0.25, -0.2) is 18.2 Å². The summed E-state index contributed by atoms with van der Waals surface area (Å²) < 4.78 is 39.2. The number of imidazole rings is 1. The Labute approximate surface area is 182 Å². The van der Waals surface area contributed by atoms with E-state index in [9.17, 15) is 22.8 Å². The third kappa shape index (κ3) is 4.10. The van der Waals surface area contributed by atoms with E-state index in [0.717, 1.165) is 13.7 Å². The van der Waals surface area contributed by atoms with Crippen molar-refractivity contribution in [3.05, 3.63) is 39.0 Å². The zero-order valence-corrected chi connectivity index (χ0v) is 19.0. The number of aryl methyl sites for hydroxylation is 2. The van der Waals surface area contributed by atoms with Crippen molar-refractivity contribution in [1.82, 2.24) is 18.7 Å². The van der Waals surface area contributed by atoms with Gasteiger partial charge in [-0.05, 0) is 0 Å². The molecule has 1 N–H and O–H groups in total. The van der Waals surface area contributed by atoms with Crippen molar-refractivity contribution in [3.63, 3.8) is 0 Å². The first kappa shape index (κ1) is 23.1. The van der Waals surface area contributed by atoms with Crippen LogP contribution in [0.15, 0.2) is 32.9 Å². The predicted molar refractivity (Wildman–Crippen MR) is 116 cm³/mol. The van der Waals surface area contributed by atoms with Crippen molar-refractivity contribution >= 4 is 32.6 Å². The van der Waals surface area contributed by atoms with E-state index in [1.165, 1.54) is 35.4 Å². The van der Waals surface area contributed by atoms with Crippen LogP contribution < -0.4 is 26.0 Å². The summed E-state index contributed by atoms with van der Waals surface area (Å²) in [6.45, 7) is 0. The number of anilines is 1. The maximum Gasteiger partial charge on any atom is 0.332 e. The fourth-order valence-electron chi connectivity index (χ4n) is 3.26. The van der Waals surface area contributed by atoms with Gasteiger partial charge in [-0.3, -0.25) is 18.7 Å². The fourth-order valence-corrected chi connectivity index (χ4v) is 4.63. The second-order valence-electron chi connectivity index (χ2n) is 7.05. The highest BCUT2D eigenvalue weighted by molar-refractivity contribution is 7.91. The van der Waals surface area contributed by atoms with Gasteiger partial charge >= 0.3 is 5.69 Å². The lowest BCUT2D eigenvalue weighted by Gasteiger charge is -2.10. The molecule has 0 fully saturated rings. The largest absolute Gasteiger partial charge is 0.497 e. The van der Waals surface area contributed by atoms with Gasteiger partial charge in [0.05, 0.1) is 20.0 Å². The summed E-state index contributed by atoms with van der Waals surface area (Å²) in [6, 6.07) is 4.76. The van der Waals surface area contributed by atoms with Gasteiger partial charge in [0, 0.05) is 51.5 Å². The number of carbonyl (C=O) groups excluding carboxylic acids is 1. The molecule has 0 saturated carbocycles. The Hall–Kier alpha value is -3.61. The monoisotopic (exact) mass is 465 g/mol. The Kier molecular flexibility index (Phi) is 6.12. The van der Waals surface area contributed by atoms with Crippen LogP contribution in [0.5, 0.6) is 11.5 Å². The average Bonchev–Trinajstić information content (AvgIpc) is 3.12. The van der Waals surface area contributed by atoms with E-state index in [1.807, 2.05) is 0 Å². The van der Waals surface area contributed by atoms with Gasteiger partial charge in [-0.2, -0.15) is 0 Å². The van der Waals surface area contributed by atoms with E-state index in [1.54, 1.807) is 18.2 Å². The number of nitrogens with zero attached hydrogens (tertiary/aromatic N) is 4. The molecule has 2 heterocycles. The molecule has 1 amide bonds. The lowest BCUT2D eigenvalue weighted by molar-refractivity contribution is -0.115. The number of sulfone groups is 1. The normalized spacial score (nSPS) is 11.5. The highest BCUT2D eigenvalue weighted by atomic mass is 32.2. The van der Waals surface area contributed by atoms with Gasteiger partial charge < -0.3 is 19.4 Å².